The Morgan fingerprint density at radius 1 is 1.35 bits per heavy atom. The van der Waals surface area contributed by atoms with Crippen LogP contribution < -0.4 is 5.32 Å². The van der Waals surface area contributed by atoms with E-state index in [0.717, 1.165) is 10.6 Å². The van der Waals surface area contributed by atoms with Gasteiger partial charge in [-0.05, 0) is 18.1 Å². The van der Waals surface area contributed by atoms with E-state index in [1.165, 1.54) is 11.8 Å². The van der Waals surface area contributed by atoms with Gasteiger partial charge in [-0.1, -0.05) is 44.6 Å². The summed E-state index contributed by atoms with van der Waals surface area (Å²) in [6.45, 7) is 8.79. The van der Waals surface area contributed by atoms with Gasteiger partial charge in [0, 0.05) is 18.7 Å². The van der Waals surface area contributed by atoms with Crippen molar-refractivity contribution in [3.8, 4) is 11.4 Å². The van der Waals surface area contributed by atoms with Crippen LogP contribution in [0.5, 0.6) is 0 Å². The molecule has 124 valence electrons. The number of thioether (sulfide) groups is 1. The summed E-state index contributed by atoms with van der Waals surface area (Å²) in [5, 5.41) is 7.63. The molecule has 6 nitrogen and oxygen atoms in total. The van der Waals surface area contributed by atoms with Crippen molar-refractivity contribution in [3.63, 3.8) is 0 Å². The van der Waals surface area contributed by atoms with Gasteiger partial charge in [0.1, 0.15) is 5.03 Å². The van der Waals surface area contributed by atoms with Gasteiger partial charge in [-0.25, -0.2) is 4.98 Å². The number of rotatable bonds is 7. The van der Waals surface area contributed by atoms with Crippen molar-refractivity contribution in [3.05, 3.63) is 24.2 Å². The van der Waals surface area contributed by atoms with Gasteiger partial charge in [-0.3, -0.25) is 4.79 Å². The van der Waals surface area contributed by atoms with Crippen molar-refractivity contribution in [2.75, 3.05) is 12.3 Å². The minimum atomic E-state index is -0.00344. The number of aromatic nitrogens is 3. The van der Waals surface area contributed by atoms with Gasteiger partial charge < -0.3 is 9.84 Å². The van der Waals surface area contributed by atoms with Crippen LogP contribution in [-0.2, 0) is 4.79 Å². The number of carbonyl (C=O) groups is 1. The second-order valence-electron chi connectivity index (χ2n) is 5.95. The molecule has 0 aliphatic carbocycles. The van der Waals surface area contributed by atoms with Gasteiger partial charge in [0.25, 0.3) is 0 Å². The van der Waals surface area contributed by atoms with Gasteiger partial charge in [-0.2, -0.15) is 4.98 Å². The maximum absolute atomic E-state index is 11.9. The third-order valence-corrected chi connectivity index (χ3v) is 4.00. The SMILES string of the molecule is CC(C)CNC(=O)CSc1ncccc1-c1noc(C(C)C)n1. The standard InChI is InChI=1S/C16H22N4O2S/c1-10(2)8-18-13(21)9-23-16-12(6-5-7-17-16)14-19-15(11(3)4)22-20-14/h5-7,10-11H,8-9H2,1-4H3,(H,18,21). The predicted molar refractivity (Wildman–Crippen MR) is 90.2 cm³/mol. The Bertz CT molecular complexity index is 655. The highest BCUT2D eigenvalue weighted by Gasteiger charge is 2.16. The van der Waals surface area contributed by atoms with Crippen molar-refractivity contribution in [2.24, 2.45) is 5.92 Å². The summed E-state index contributed by atoms with van der Waals surface area (Å²) in [6.07, 6.45) is 1.70. The molecule has 0 radical (unpaired) electrons. The molecule has 1 N–H and O–H groups in total. The molecule has 0 aromatic carbocycles. The second kappa shape index (κ2) is 8.10. The van der Waals surface area contributed by atoms with Gasteiger partial charge >= 0.3 is 0 Å². The molecule has 2 rings (SSSR count). The van der Waals surface area contributed by atoms with Gasteiger partial charge in [0.2, 0.25) is 17.6 Å². The zero-order valence-electron chi connectivity index (χ0n) is 13.9. The van der Waals surface area contributed by atoms with Crippen LogP contribution in [-0.4, -0.2) is 33.3 Å². The highest BCUT2D eigenvalue weighted by molar-refractivity contribution is 8.00. The molecule has 7 heteroatoms. The summed E-state index contributed by atoms with van der Waals surface area (Å²) in [4.78, 5) is 20.6. The smallest absolute Gasteiger partial charge is 0.230 e. The molecular formula is C16H22N4O2S. The van der Waals surface area contributed by atoms with Gasteiger partial charge in [0.15, 0.2) is 0 Å². The van der Waals surface area contributed by atoms with Crippen LogP contribution in [0.3, 0.4) is 0 Å². The van der Waals surface area contributed by atoms with E-state index in [-0.39, 0.29) is 11.8 Å². The molecule has 0 saturated carbocycles. The van der Waals surface area contributed by atoms with E-state index in [9.17, 15) is 4.79 Å². The molecule has 0 fully saturated rings. The van der Waals surface area contributed by atoms with Gasteiger partial charge in [0.05, 0.1) is 11.3 Å². The average Bonchev–Trinajstić information content (AvgIpc) is 3.01. The molecule has 23 heavy (non-hydrogen) atoms. The highest BCUT2D eigenvalue weighted by Crippen LogP contribution is 2.28. The Labute approximate surface area is 140 Å². The number of nitrogens with one attached hydrogen (secondary N) is 1. The number of pyridine rings is 1. The van der Waals surface area contributed by atoms with Crippen LogP contribution in [0.15, 0.2) is 27.9 Å². The van der Waals surface area contributed by atoms with E-state index in [2.05, 4.69) is 34.3 Å². The van der Waals surface area contributed by atoms with Gasteiger partial charge in [-0.15, -0.1) is 0 Å². The Kier molecular flexibility index (Phi) is 6.15. The molecular weight excluding hydrogens is 312 g/mol. The van der Waals surface area contributed by atoms with E-state index in [0.29, 0.717) is 29.9 Å². The average molecular weight is 334 g/mol. The molecule has 2 aromatic rings. The van der Waals surface area contributed by atoms with Crippen LogP contribution in [0.25, 0.3) is 11.4 Å². The van der Waals surface area contributed by atoms with E-state index in [4.69, 9.17) is 4.52 Å². The van der Waals surface area contributed by atoms with Crippen molar-refractivity contribution in [1.82, 2.24) is 20.4 Å². The Morgan fingerprint density at radius 3 is 2.78 bits per heavy atom. The summed E-state index contributed by atoms with van der Waals surface area (Å²) < 4.78 is 5.25. The van der Waals surface area contributed by atoms with Crippen LogP contribution >= 0.6 is 11.8 Å². The number of nitrogens with zero attached hydrogens (tertiary/aromatic N) is 3. The lowest BCUT2D eigenvalue weighted by Crippen LogP contribution is -2.28. The summed E-state index contributed by atoms with van der Waals surface area (Å²) in [5.74, 6) is 2.01. The molecule has 0 saturated heterocycles. The van der Waals surface area contributed by atoms with Crippen molar-refractivity contribution in [1.29, 1.82) is 0 Å². The molecule has 2 aromatic heterocycles. The number of amides is 1. The molecule has 0 bridgehead atoms. The van der Waals surface area contributed by atoms with E-state index < -0.39 is 0 Å². The lowest BCUT2D eigenvalue weighted by molar-refractivity contribution is -0.118. The molecule has 0 aliphatic heterocycles. The fourth-order valence-electron chi connectivity index (χ4n) is 1.76. The summed E-state index contributed by atoms with van der Waals surface area (Å²) in [7, 11) is 0. The number of hydrogen-bond acceptors (Lipinski definition) is 6. The van der Waals surface area contributed by atoms with Crippen LogP contribution in [0, 0.1) is 5.92 Å². The summed E-state index contributed by atoms with van der Waals surface area (Å²) in [5.41, 5.74) is 0.782. The first-order chi connectivity index (χ1) is 11.0. The second-order valence-corrected chi connectivity index (χ2v) is 6.92. The zero-order chi connectivity index (χ0) is 16.8. The number of hydrogen-bond donors (Lipinski definition) is 1. The first-order valence-electron chi connectivity index (χ1n) is 7.66. The third-order valence-electron chi connectivity index (χ3n) is 3.00. The fraction of sp³-hybridized carbons (Fsp3) is 0.500. The topological polar surface area (TPSA) is 80.9 Å². The molecule has 0 aliphatic rings. The van der Waals surface area contributed by atoms with Crippen LogP contribution in [0.1, 0.15) is 39.5 Å². The van der Waals surface area contributed by atoms with Crippen LogP contribution in [0.2, 0.25) is 0 Å². The Morgan fingerprint density at radius 2 is 2.13 bits per heavy atom. The Balaban J connectivity index is 2.07. The third kappa shape index (κ3) is 5.06. The summed E-state index contributed by atoms with van der Waals surface area (Å²) in [6, 6.07) is 3.71. The first kappa shape index (κ1) is 17.5. The zero-order valence-corrected chi connectivity index (χ0v) is 14.7. The van der Waals surface area contributed by atoms with E-state index >= 15 is 0 Å². The van der Waals surface area contributed by atoms with Crippen molar-refractivity contribution < 1.29 is 9.32 Å². The first-order valence-corrected chi connectivity index (χ1v) is 8.64. The minimum absolute atomic E-state index is 0.00344. The van der Waals surface area contributed by atoms with E-state index in [1.54, 1.807) is 6.20 Å². The fourth-order valence-corrected chi connectivity index (χ4v) is 2.58. The molecule has 0 atom stereocenters. The predicted octanol–water partition coefficient (Wildman–Crippen LogP) is 3.12. The van der Waals surface area contributed by atoms with E-state index in [1.807, 2.05) is 26.0 Å². The maximum atomic E-state index is 11.9. The monoisotopic (exact) mass is 334 g/mol. The van der Waals surface area contributed by atoms with Crippen molar-refractivity contribution >= 4 is 17.7 Å². The lowest BCUT2D eigenvalue weighted by atomic mass is 10.2. The maximum Gasteiger partial charge on any atom is 0.230 e. The molecule has 0 spiro atoms. The lowest BCUT2D eigenvalue weighted by Gasteiger charge is -2.08. The Hall–Kier alpha value is -1.89. The summed E-state index contributed by atoms with van der Waals surface area (Å²) >= 11 is 1.37. The largest absolute Gasteiger partial charge is 0.355 e. The molecule has 2 heterocycles. The molecule has 1 amide bonds. The normalized spacial score (nSPS) is 11.2. The van der Waals surface area contributed by atoms with Crippen molar-refractivity contribution in [2.45, 2.75) is 38.6 Å². The number of carbonyl (C=O) groups excluding carboxylic acids is 1. The highest BCUT2D eigenvalue weighted by atomic mass is 32.2. The molecule has 0 unspecified atom stereocenters. The van der Waals surface area contributed by atoms with Crippen LogP contribution in [0.4, 0.5) is 0 Å². The quantitative estimate of drug-likeness (QED) is 0.784. The minimum Gasteiger partial charge on any atom is -0.355 e.